The molecule has 0 aliphatic carbocycles. The van der Waals surface area contributed by atoms with Crippen LogP contribution in [0.15, 0.2) is 48.5 Å². The molecule has 1 aliphatic heterocycles. The predicted molar refractivity (Wildman–Crippen MR) is 117 cm³/mol. The summed E-state index contributed by atoms with van der Waals surface area (Å²) in [5, 5.41) is 5.69. The average Bonchev–Trinajstić information content (AvgIpc) is 2.78. The highest BCUT2D eigenvalue weighted by Crippen LogP contribution is 2.13. The van der Waals surface area contributed by atoms with Gasteiger partial charge in [0, 0.05) is 38.4 Å². The molecule has 0 aromatic heterocycles. The van der Waals surface area contributed by atoms with Gasteiger partial charge >= 0.3 is 0 Å². The third kappa shape index (κ3) is 6.77. The highest BCUT2D eigenvalue weighted by Gasteiger charge is 2.26. The molecule has 1 atom stereocenters. The van der Waals surface area contributed by atoms with Gasteiger partial charge in [0.15, 0.2) is 0 Å². The summed E-state index contributed by atoms with van der Waals surface area (Å²) in [5.41, 5.74) is 1.43. The summed E-state index contributed by atoms with van der Waals surface area (Å²) in [6.45, 7) is 5.37. The van der Waals surface area contributed by atoms with Crippen LogP contribution in [0.3, 0.4) is 0 Å². The van der Waals surface area contributed by atoms with E-state index < -0.39 is 0 Å². The molecule has 1 unspecified atom stereocenters. The molecule has 1 saturated heterocycles. The lowest BCUT2D eigenvalue weighted by Crippen LogP contribution is -2.54. The van der Waals surface area contributed by atoms with Crippen molar-refractivity contribution in [1.29, 1.82) is 0 Å². The van der Waals surface area contributed by atoms with Crippen LogP contribution in [-0.4, -0.2) is 67.5 Å². The Kier molecular flexibility index (Phi) is 7.97. The monoisotopic (exact) mass is 428 g/mol. The van der Waals surface area contributed by atoms with E-state index in [-0.39, 0.29) is 23.7 Å². The van der Waals surface area contributed by atoms with Crippen molar-refractivity contribution in [2.24, 2.45) is 0 Å². The molecule has 166 valence electrons. The minimum atomic E-state index is -0.385. The Bertz CT molecular complexity index is 900. The van der Waals surface area contributed by atoms with E-state index in [9.17, 15) is 14.0 Å². The van der Waals surface area contributed by atoms with Crippen LogP contribution >= 0.6 is 0 Å². The second kappa shape index (κ2) is 10.9. The van der Waals surface area contributed by atoms with Gasteiger partial charge in [-0.25, -0.2) is 4.39 Å². The summed E-state index contributed by atoms with van der Waals surface area (Å²) in [7, 11) is 1.61. The van der Waals surface area contributed by atoms with Gasteiger partial charge in [0.05, 0.1) is 19.7 Å². The van der Waals surface area contributed by atoms with E-state index >= 15 is 0 Å². The predicted octanol–water partition coefficient (Wildman–Crippen LogP) is 2.10. The minimum absolute atomic E-state index is 0.0341. The zero-order valence-corrected chi connectivity index (χ0v) is 17.9. The first-order valence-corrected chi connectivity index (χ1v) is 10.4. The summed E-state index contributed by atoms with van der Waals surface area (Å²) >= 11 is 0. The number of methoxy groups -OCH3 is 1. The first-order chi connectivity index (χ1) is 14.9. The summed E-state index contributed by atoms with van der Waals surface area (Å²) in [6, 6.07) is 13.1. The van der Waals surface area contributed by atoms with Crippen molar-refractivity contribution in [2.45, 2.75) is 19.5 Å². The molecule has 2 aromatic carbocycles. The first-order valence-electron chi connectivity index (χ1n) is 10.4. The number of benzene rings is 2. The van der Waals surface area contributed by atoms with Crippen LogP contribution in [0.25, 0.3) is 0 Å². The van der Waals surface area contributed by atoms with Crippen LogP contribution in [0.5, 0.6) is 5.75 Å². The molecule has 0 saturated carbocycles. The quantitative estimate of drug-likeness (QED) is 0.674. The van der Waals surface area contributed by atoms with Gasteiger partial charge in [-0.3, -0.25) is 19.4 Å². The van der Waals surface area contributed by atoms with Gasteiger partial charge in [-0.15, -0.1) is 0 Å². The van der Waals surface area contributed by atoms with E-state index in [0.717, 1.165) is 11.3 Å². The maximum atomic E-state index is 13.3. The topological polar surface area (TPSA) is 73.9 Å². The molecule has 2 aromatic rings. The van der Waals surface area contributed by atoms with Crippen molar-refractivity contribution in [2.75, 3.05) is 45.2 Å². The largest absolute Gasteiger partial charge is 0.497 e. The molecule has 1 heterocycles. The number of amides is 2. The van der Waals surface area contributed by atoms with Crippen molar-refractivity contribution in [3.05, 3.63) is 59.9 Å². The maximum absolute atomic E-state index is 13.3. The molecule has 0 spiro atoms. The van der Waals surface area contributed by atoms with Crippen molar-refractivity contribution in [1.82, 2.24) is 15.1 Å². The van der Waals surface area contributed by atoms with Crippen molar-refractivity contribution in [3.8, 4) is 5.75 Å². The van der Waals surface area contributed by atoms with Crippen molar-refractivity contribution in [3.63, 3.8) is 0 Å². The van der Waals surface area contributed by atoms with Crippen LogP contribution in [0.4, 0.5) is 10.1 Å². The van der Waals surface area contributed by atoms with Crippen LogP contribution in [0.1, 0.15) is 12.5 Å². The van der Waals surface area contributed by atoms with E-state index in [1.165, 1.54) is 12.1 Å². The number of rotatable bonds is 8. The molecule has 7 nitrogen and oxygen atoms in total. The normalized spacial score (nSPS) is 15.8. The van der Waals surface area contributed by atoms with Crippen LogP contribution in [-0.2, 0) is 16.1 Å². The third-order valence-corrected chi connectivity index (χ3v) is 5.42. The van der Waals surface area contributed by atoms with Gasteiger partial charge in [-0.2, -0.15) is 0 Å². The van der Waals surface area contributed by atoms with Crippen LogP contribution in [0.2, 0.25) is 0 Å². The van der Waals surface area contributed by atoms with Gasteiger partial charge in [-0.05, 0) is 42.8 Å². The van der Waals surface area contributed by atoms with Gasteiger partial charge in [0.2, 0.25) is 11.8 Å². The molecule has 31 heavy (non-hydrogen) atoms. The second-order valence-corrected chi connectivity index (χ2v) is 7.62. The van der Waals surface area contributed by atoms with Crippen LogP contribution in [0, 0.1) is 5.82 Å². The Morgan fingerprint density at radius 1 is 1.10 bits per heavy atom. The van der Waals surface area contributed by atoms with E-state index in [2.05, 4.69) is 20.4 Å². The fourth-order valence-electron chi connectivity index (χ4n) is 3.53. The van der Waals surface area contributed by atoms with Crippen LogP contribution < -0.4 is 15.4 Å². The van der Waals surface area contributed by atoms with Gasteiger partial charge in [0.1, 0.15) is 11.6 Å². The number of halogens is 1. The summed E-state index contributed by atoms with van der Waals surface area (Å²) in [6.07, 6.45) is 0. The van der Waals surface area contributed by atoms with Gasteiger partial charge in [-0.1, -0.05) is 18.2 Å². The van der Waals surface area contributed by atoms with Gasteiger partial charge in [0.25, 0.3) is 0 Å². The Labute approximate surface area is 182 Å². The van der Waals surface area contributed by atoms with E-state index in [1.807, 2.05) is 31.2 Å². The Morgan fingerprint density at radius 2 is 1.84 bits per heavy atom. The fraction of sp³-hybridized carbons (Fsp3) is 0.391. The Hall–Kier alpha value is -2.97. The number of hydrogen-bond donors (Lipinski definition) is 2. The number of anilines is 1. The standard InChI is InChI=1S/C23H29FN4O3/c1-17(23(30)26-20-7-4-6-19(24)14-20)28-11-9-27(10-12-28)16-22(29)25-15-18-5-3-8-21(13-18)31-2/h3-8,13-14,17H,9-12,15-16H2,1-2H3,(H,25,29)(H,26,30). The number of nitrogens with zero attached hydrogens (tertiary/aromatic N) is 2. The summed E-state index contributed by atoms with van der Waals surface area (Å²) < 4.78 is 18.5. The van der Waals surface area contributed by atoms with E-state index in [1.54, 1.807) is 19.2 Å². The van der Waals surface area contributed by atoms with E-state index in [0.29, 0.717) is 45.0 Å². The number of carbonyl (C=O) groups is 2. The fourth-order valence-corrected chi connectivity index (χ4v) is 3.53. The number of hydrogen-bond acceptors (Lipinski definition) is 5. The lowest BCUT2D eigenvalue weighted by atomic mass is 10.2. The molecule has 8 heteroatoms. The maximum Gasteiger partial charge on any atom is 0.241 e. The smallest absolute Gasteiger partial charge is 0.241 e. The minimum Gasteiger partial charge on any atom is -0.497 e. The highest BCUT2D eigenvalue weighted by molar-refractivity contribution is 5.94. The highest BCUT2D eigenvalue weighted by atomic mass is 19.1. The summed E-state index contributed by atoms with van der Waals surface area (Å²) in [4.78, 5) is 28.9. The molecule has 3 rings (SSSR count). The van der Waals surface area contributed by atoms with Crippen molar-refractivity contribution < 1.29 is 18.7 Å². The molecule has 0 radical (unpaired) electrons. The molecule has 0 bridgehead atoms. The molecular weight excluding hydrogens is 399 g/mol. The lowest BCUT2D eigenvalue weighted by molar-refractivity contribution is -0.124. The molecule has 1 fully saturated rings. The van der Waals surface area contributed by atoms with E-state index in [4.69, 9.17) is 4.74 Å². The average molecular weight is 429 g/mol. The van der Waals surface area contributed by atoms with Crippen molar-refractivity contribution >= 4 is 17.5 Å². The zero-order chi connectivity index (χ0) is 22.2. The Balaban J connectivity index is 1.40. The second-order valence-electron chi connectivity index (χ2n) is 7.62. The SMILES string of the molecule is COc1cccc(CNC(=O)CN2CCN(C(C)C(=O)Nc3cccc(F)c3)CC2)c1. The molecule has 2 N–H and O–H groups in total. The zero-order valence-electron chi connectivity index (χ0n) is 17.9. The summed E-state index contributed by atoms with van der Waals surface area (Å²) in [5.74, 6) is 0.172. The number of carbonyl (C=O) groups excluding carboxylic acids is 2. The van der Waals surface area contributed by atoms with Gasteiger partial charge < -0.3 is 15.4 Å². The molecule has 2 amide bonds. The third-order valence-electron chi connectivity index (χ3n) is 5.42. The Morgan fingerprint density at radius 3 is 2.55 bits per heavy atom. The first kappa shape index (κ1) is 22.7. The number of piperazine rings is 1. The molecule has 1 aliphatic rings. The number of nitrogens with one attached hydrogen (secondary N) is 2. The lowest BCUT2D eigenvalue weighted by Gasteiger charge is -2.37. The molecular formula is C23H29FN4O3. The number of ether oxygens (including phenoxy) is 1.